The van der Waals surface area contributed by atoms with Crippen LogP contribution in [0.2, 0.25) is 0 Å². The summed E-state index contributed by atoms with van der Waals surface area (Å²) in [7, 11) is 1.79. The minimum atomic E-state index is -0.352. The molecule has 2 aromatic rings. The average Bonchev–Trinajstić information content (AvgIpc) is 3.14. The van der Waals surface area contributed by atoms with Crippen molar-refractivity contribution in [2.45, 2.75) is 43.7 Å². The number of H-pyrrole nitrogens is 2. The van der Waals surface area contributed by atoms with Crippen molar-refractivity contribution < 1.29 is 9.53 Å². The maximum absolute atomic E-state index is 13.0. The molecule has 0 bridgehead atoms. The lowest BCUT2D eigenvalue weighted by Gasteiger charge is -2.54. The molecular weight excluding hydrogens is 330 g/mol. The number of fused-ring (bicyclic) bond motifs is 1. The Bertz CT molecular complexity index is 828. The lowest BCUT2D eigenvalue weighted by atomic mass is 9.66. The highest BCUT2D eigenvalue weighted by molar-refractivity contribution is 5.92. The first-order chi connectivity index (χ1) is 12.7. The van der Waals surface area contributed by atoms with E-state index in [1.165, 1.54) is 11.8 Å². The number of nitrogens with zero attached hydrogens (tertiary/aromatic N) is 1. The van der Waals surface area contributed by atoms with Crippen LogP contribution in [0.15, 0.2) is 41.3 Å². The predicted molar refractivity (Wildman–Crippen MR) is 97.9 cm³/mol. The van der Waals surface area contributed by atoms with Gasteiger partial charge in [0, 0.05) is 31.8 Å². The third-order valence-corrected chi connectivity index (χ3v) is 6.17. The number of nitrogens with one attached hydrogen (secondary N) is 2. The molecule has 4 rings (SSSR count). The van der Waals surface area contributed by atoms with Gasteiger partial charge < -0.3 is 19.6 Å². The molecule has 1 aliphatic carbocycles. The van der Waals surface area contributed by atoms with Gasteiger partial charge in [0.1, 0.15) is 5.69 Å². The van der Waals surface area contributed by atoms with E-state index in [0.717, 1.165) is 32.1 Å². The first-order valence-corrected chi connectivity index (χ1v) is 9.35. The molecule has 6 nitrogen and oxygen atoms in total. The molecule has 2 aliphatic rings. The first kappa shape index (κ1) is 17.1. The van der Waals surface area contributed by atoms with Crippen molar-refractivity contribution in [3.05, 3.63) is 58.3 Å². The van der Waals surface area contributed by atoms with Crippen LogP contribution >= 0.6 is 0 Å². The van der Waals surface area contributed by atoms with Gasteiger partial charge in [-0.05, 0) is 24.8 Å². The molecule has 1 aromatic carbocycles. The van der Waals surface area contributed by atoms with Crippen LogP contribution in [0.3, 0.4) is 0 Å². The molecule has 138 valence electrons. The van der Waals surface area contributed by atoms with Gasteiger partial charge in [-0.1, -0.05) is 43.2 Å². The van der Waals surface area contributed by atoms with E-state index in [1.54, 1.807) is 7.11 Å². The SMILES string of the molecule is CO[C@@]1(c2ccccc2)CCN(C(=O)c2c[nH]c(=O)[nH]2)[C@@H]2CCCC[C@H]21. The number of likely N-dealkylation sites (tertiary alicyclic amines) is 1. The Hall–Kier alpha value is -2.34. The Morgan fingerprint density at radius 2 is 2.00 bits per heavy atom. The summed E-state index contributed by atoms with van der Waals surface area (Å²) in [5.41, 5.74) is 0.834. The number of carbonyl (C=O) groups is 1. The van der Waals surface area contributed by atoms with Gasteiger partial charge in [-0.2, -0.15) is 0 Å². The molecule has 1 aliphatic heterocycles. The van der Waals surface area contributed by atoms with Crippen LogP contribution in [-0.2, 0) is 10.3 Å². The standard InChI is InChI=1S/C20H25N3O3/c1-26-20(14-7-3-2-4-8-14)11-12-23(17-10-6-5-9-15(17)20)18(24)16-13-21-19(25)22-16/h2-4,7-8,13,15,17H,5-6,9-12H2,1H3,(H2,21,22,25)/t15-,17-,20-/m1/s1. The number of rotatable bonds is 3. The Morgan fingerprint density at radius 3 is 2.69 bits per heavy atom. The van der Waals surface area contributed by atoms with Crippen LogP contribution < -0.4 is 5.69 Å². The molecule has 0 radical (unpaired) electrons. The fraction of sp³-hybridized carbons (Fsp3) is 0.500. The van der Waals surface area contributed by atoms with Gasteiger partial charge in [0.2, 0.25) is 0 Å². The summed E-state index contributed by atoms with van der Waals surface area (Å²) in [6.07, 6.45) is 6.52. The molecule has 2 N–H and O–H groups in total. The zero-order valence-corrected chi connectivity index (χ0v) is 15.0. The van der Waals surface area contributed by atoms with E-state index in [9.17, 15) is 9.59 Å². The van der Waals surface area contributed by atoms with Crippen molar-refractivity contribution in [1.29, 1.82) is 0 Å². The second-order valence-corrected chi connectivity index (χ2v) is 7.32. The Balaban J connectivity index is 1.69. The highest BCUT2D eigenvalue weighted by Gasteiger charge is 2.51. The molecule has 2 fully saturated rings. The number of benzene rings is 1. The maximum Gasteiger partial charge on any atom is 0.323 e. The number of hydrogen-bond donors (Lipinski definition) is 2. The second kappa shape index (κ2) is 6.76. The number of piperidine rings is 1. The summed E-state index contributed by atoms with van der Waals surface area (Å²) in [4.78, 5) is 31.5. The van der Waals surface area contributed by atoms with E-state index >= 15 is 0 Å². The summed E-state index contributed by atoms with van der Waals surface area (Å²) in [6.45, 7) is 0.621. The van der Waals surface area contributed by atoms with Gasteiger partial charge in [0.05, 0.1) is 5.60 Å². The zero-order valence-electron chi connectivity index (χ0n) is 15.0. The van der Waals surface area contributed by atoms with Gasteiger partial charge in [-0.15, -0.1) is 0 Å². The highest BCUT2D eigenvalue weighted by Crippen LogP contribution is 2.49. The van der Waals surface area contributed by atoms with Gasteiger partial charge in [0.15, 0.2) is 0 Å². The Labute approximate surface area is 152 Å². The summed E-state index contributed by atoms with van der Waals surface area (Å²) in [5, 5.41) is 0. The van der Waals surface area contributed by atoms with E-state index in [0.29, 0.717) is 12.2 Å². The molecule has 2 heterocycles. The fourth-order valence-corrected chi connectivity index (χ4v) is 4.97. The summed E-state index contributed by atoms with van der Waals surface area (Å²) in [5.74, 6) is 0.157. The second-order valence-electron chi connectivity index (χ2n) is 7.32. The van der Waals surface area contributed by atoms with Crippen LogP contribution in [0, 0.1) is 5.92 Å². The third-order valence-electron chi connectivity index (χ3n) is 6.17. The Kier molecular flexibility index (Phi) is 4.44. The number of methoxy groups -OCH3 is 1. The number of hydrogen-bond acceptors (Lipinski definition) is 3. The van der Waals surface area contributed by atoms with Crippen LogP contribution in [0.1, 0.15) is 48.2 Å². The van der Waals surface area contributed by atoms with Crippen LogP contribution in [0.5, 0.6) is 0 Å². The molecule has 0 spiro atoms. The number of carbonyl (C=O) groups excluding carboxylic acids is 1. The summed E-state index contributed by atoms with van der Waals surface area (Å²) in [6, 6.07) is 10.5. The van der Waals surface area contributed by atoms with Crippen molar-refractivity contribution in [2.75, 3.05) is 13.7 Å². The molecule has 3 atom stereocenters. The molecule has 6 heteroatoms. The summed E-state index contributed by atoms with van der Waals surface area (Å²) >= 11 is 0. The molecule has 26 heavy (non-hydrogen) atoms. The third kappa shape index (κ3) is 2.69. The van der Waals surface area contributed by atoms with E-state index < -0.39 is 0 Å². The molecule has 0 unspecified atom stereocenters. The number of ether oxygens (including phenoxy) is 1. The van der Waals surface area contributed by atoms with Crippen LogP contribution in [0.25, 0.3) is 0 Å². The maximum atomic E-state index is 13.0. The molecular formula is C20H25N3O3. The largest absolute Gasteiger partial charge is 0.373 e. The number of aromatic nitrogens is 2. The predicted octanol–water partition coefficient (Wildman–Crippen LogP) is 2.65. The number of imidazole rings is 1. The quantitative estimate of drug-likeness (QED) is 0.888. The monoisotopic (exact) mass is 355 g/mol. The molecule has 1 aromatic heterocycles. The summed E-state index contributed by atoms with van der Waals surface area (Å²) < 4.78 is 6.17. The molecule has 1 amide bonds. The van der Waals surface area contributed by atoms with E-state index in [4.69, 9.17) is 4.74 Å². The number of amides is 1. The van der Waals surface area contributed by atoms with Gasteiger partial charge in [-0.25, -0.2) is 4.79 Å². The molecule has 1 saturated heterocycles. The highest BCUT2D eigenvalue weighted by atomic mass is 16.5. The smallest absolute Gasteiger partial charge is 0.323 e. The van der Waals surface area contributed by atoms with Gasteiger partial charge in [-0.3, -0.25) is 4.79 Å². The van der Waals surface area contributed by atoms with Gasteiger partial charge in [0.25, 0.3) is 5.91 Å². The Morgan fingerprint density at radius 1 is 1.23 bits per heavy atom. The normalized spacial score (nSPS) is 28.6. The molecule has 1 saturated carbocycles. The fourth-order valence-electron chi connectivity index (χ4n) is 4.97. The van der Waals surface area contributed by atoms with Crippen LogP contribution in [-0.4, -0.2) is 40.5 Å². The van der Waals surface area contributed by atoms with E-state index in [-0.39, 0.29) is 29.2 Å². The van der Waals surface area contributed by atoms with Crippen molar-refractivity contribution in [2.24, 2.45) is 5.92 Å². The van der Waals surface area contributed by atoms with Crippen molar-refractivity contribution in [3.8, 4) is 0 Å². The van der Waals surface area contributed by atoms with E-state index in [2.05, 4.69) is 34.2 Å². The lowest BCUT2D eigenvalue weighted by molar-refractivity contribution is -0.134. The first-order valence-electron chi connectivity index (χ1n) is 9.35. The van der Waals surface area contributed by atoms with Crippen LogP contribution in [0.4, 0.5) is 0 Å². The topological polar surface area (TPSA) is 78.2 Å². The number of aromatic amines is 2. The van der Waals surface area contributed by atoms with Crippen molar-refractivity contribution in [1.82, 2.24) is 14.9 Å². The zero-order chi connectivity index (χ0) is 18.1. The van der Waals surface area contributed by atoms with Crippen molar-refractivity contribution >= 4 is 5.91 Å². The van der Waals surface area contributed by atoms with E-state index in [1.807, 2.05) is 11.0 Å². The van der Waals surface area contributed by atoms with Gasteiger partial charge >= 0.3 is 5.69 Å². The lowest BCUT2D eigenvalue weighted by Crippen LogP contribution is -2.59. The minimum Gasteiger partial charge on any atom is -0.373 e. The minimum absolute atomic E-state index is 0.0991. The average molecular weight is 355 g/mol. The van der Waals surface area contributed by atoms with Crippen molar-refractivity contribution in [3.63, 3.8) is 0 Å².